The lowest BCUT2D eigenvalue weighted by Gasteiger charge is -2.15. The monoisotopic (exact) mass is 398 g/mol. The Bertz CT molecular complexity index is 317. The molecule has 28 heavy (non-hydrogen) atoms. The fourth-order valence-electron chi connectivity index (χ4n) is 3.87. The van der Waals surface area contributed by atoms with Gasteiger partial charge in [-0.15, -0.1) is 0 Å². The smallest absolute Gasteiger partial charge is 0.305 e. The van der Waals surface area contributed by atoms with Gasteiger partial charge >= 0.3 is 5.97 Å². The third-order valence-electron chi connectivity index (χ3n) is 5.85. The maximum Gasteiger partial charge on any atom is 0.305 e. The van der Waals surface area contributed by atoms with Gasteiger partial charge in [0, 0.05) is 13.5 Å². The summed E-state index contributed by atoms with van der Waals surface area (Å²) in [5.41, 5.74) is 0. The van der Waals surface area contributed by atoms with Crippen molar-refractivity contribution in [3.8, 4) is 0 Å². The molecule has 0 aliphatic heterocycles. The number of hydrogen-bond acceptors (Lipinski definition) is 3. The molecule has 0 bridgehead atoms. The van der Waals surface area contributed by atoms with Crippen LogP contribution in [0.4, 0.5) is 0 Å². The minimum atomic E-state index is -0.0702. The molecule has 0 aromatic heterocycles. The summed E-state index contributed by atoms with van der Waals surface area (Å²) in [4.78, 5) is 11.0. The van der Waals surface area contributed by atoms with Crippen LogP contribution in [-0.2, 0) is 14.3 Å². The van der Waals surface area contributed by atoms with Crippen LogP contribution in [0.5, 0.6) is 0 Å². The highest BCUT2D eigenvalue weighted by Crippen LogP contribution is 2.17. The van der Waals surface area contributed by atoms with E-state index in [1.807, 2.05) is 7.11 Å². The predicted molar refractivity (Wildman–Crippen MR) is 121 cm³/mol. The fraction of sp³-hybridized carbons (Fsp3) is 0.960. The van der Waals surface area contributed by atoms with E-state index in [0.29, 0.717) is 12.5 Å². The Morgan fingerprint density at radius 2 is 1.00 bits per heavy atom. The lowest BCUT2D eigenvalue weighted by molar-refractivity contribution is -0.140. The quantitative estimate of drug-likeness (QED) is 0.137. The first-order valence-corrected chi connectivity index (χ1v) is 12.3. The molecular formula is C25H50O3. The van der Waals surface area contributed by atoms with Crippen molar-refractivity contribution in [1.29, 1.82) is 0 Å². The maximum absolute atomic E-state index is 11.0. The second kappa shape index (κ2) is 22.7. The van der Waals surface area contributed by atoms with Crippen molar-refractivity contribution in [2.24, 2.45) is 0 Å². The zero-order chi connectivity index (χ0) is 20.7. The third kappa shape index (κ3) is 20.2. The summed E-state index contributed by atoms with van der Waals surface area (Å²) in [6.07, 6.45) is 26.1. The molecule has 0 heterocycles. The zero-order valence-electron chi connectivity index (χ0n) is 19.4. The average molecular weight is 399 g/mol. The highest BCUT2D eigenvalue weighted by molar-refractivity contribution is 5.68. The van der Waals surface area contributed by atoms with E-state index in [-0.39, 0.29) is 5.97 Å². The normalized spacial score (nSPS) is 12.2. The molecule has 0 spiro atoms. The molecule has 0 aliphatic carbocycles. The van der Waals surface area contributed by atoms with Crippen LogP contribution < -0.4 is 0 Å². The minimum Gasteiger partial charge on any atom is -0.469 e. The van der Waals surface area contributed by atoms with E-state index in [4.69, 9.17) is 4.74 Å². The number of methoxy groups -OCH3 is 2. The highest BCUT2D eigenvalue weighted by Gasteiger charge is 2.06. The maximum atomic E-state index is 11.0. The Hall–Kier alpha value is -0.570. The Morgan fingerprint density at radius 3 is 1.39 bits per heavy atom. The fourth-order valence-corrected chi connectivity index (χ4v) is 3.87. The van der Waals surface area contributed by atoms with Crippen LogP contribution in [0.25, 0.3) is 0 Å². The van der Waals surface area contributed by atoms with Crippen LogP contribution in [0.1, 0.15) is 135 Å². The third-order valence-corrected chi connectivity index (χ3v) is 5.85. The van der Waals surface area contributed by atoms with E-state index in [2.05, 4.69) is 11.7 Å². The largest absolute Gasteiger partial charge is 0.469 e. The molecule has 0 amide bonds. The van der Waals surface area contributed by atoms with Gasteiger partial charge in [-0.2, -0.15) is 0 Å². The molecule has 0 fully saturated rings. The van der Waals surface area contributed by atoms with Crippen molar-refractivity contribution in [2.75, 3.05) is 14.2 Å². The van der Waals surface area contributed by atoms with Crippen LogP contribution in [0, 0.1) is 0 Å². The number of carbonyl (C=O) groups excluding carboxylic acids is 1. The van der Waals surface area contributed by atoms with Gasteiger partial charge in [0.15, 0.2) is 0 Å². The first kappa shape index (κ1) is 27.4. The molecule has 1 unspecified atom stereocenters. The highest BCUT2D eigenvalue weighted by atomic mass is 16.5. The molecule has 3 heteroatoms. The van der Waals surface area contributed by atoms with E-state index in [1.165, 1.54) is 116 Å². The molecule has 0 N–H and O–H groups in total. The van der Waals surface area contributed by atoms with Crippen molar-refractivity contribution in [2.45, 2.75) is 141 Å². The first-order valence-electron chi connectivity index (χ1n) is 12.3. The summed E-state index contributed by atoms with van der Waals surface area (Å²) in [5.74, 6) is -0.0702. The number of esters is 1. The molecule has 0 aliphatic rings. The SMILES string of the molecule is CCCCCCCCC(CCCCCCCCCCCCCC(=O)OC)OC. The summed E-state index contributed by atoms with van der Waals surface area (Å²) in [7, 11) is 3.35. The lowest BCUT2D eigenvalue weighted by Crippen LogP contribution is -2.10. The molecule has 168 valence electrons. The van der Waals surface area contributed by atoms with Gasteiger partial charge in [0.2, 0.25) is 0 Å². The van der Waals surface area contributed by atoms with Crippen LogP contribution in [0.2, 0.25) is 0 Å². The van der Waals surface area contributed by atoms with Crippen LogP contribution in [0.15, 0.2) is 0 Å². The predicted octanol–water partition coefficient (Wildman–Crippen LogP) is 8.00. The molecule has 0 rings (SSSR count). The Labute approximate surface area is 176 Å². The Balaban J connectivity index is 3.27. The average Bonchev–Trinajstić information content (AvgIpc) is 2.71. The van der Waals surface area contributed by atoms with E-state index < -0.39 is 0 Å². The number of unbranched alkanes of at least 4 members (excludes halogenated alkanes) is 15. The molecule has 0 saturated carbocycles. The first-order chi connectivity index (χ1) is 13.7. The standard InChI is InChI=1S/C25H50O3/c1-4-5-6-7-15-18-21-24(27-2)22-19-16-13-11-9-8-10-12-14-17-20-23-25(26)28-3/h24H,4-23H2,1-3H3. The molecule has 1 atom stereocenters. The zero-order valence-corrected chi connectivity index (χ0v) is 19.4. The van der Waals surface area contributed by atoms with Gasteiger partial charge in [0.1, 0.15) is 0 Å². The number of hydrogen-bond donors (Lipinski definition) is 0. The second-order valence-corrected chi connectivity index (χ2v) is 8.42. The van der Waals surface area contributed by atoms with E-state index in [9.17, 15) is 4.79 Å². The Kier molecular flexibility index (Phi) is 22.3. The topological polar surface area (TPSA) is 35.5 Å². The van der Waals surface area contributed by atoms with E-state index in [0.717, 1.165) is 12.8 Å². The number of ether oxygens (including phenoxy) is 2. The summed E-state index contributed by atoms with van der Waals surface area (Å²) in [6, 6.07) is 0. The molecule has 0 aromatic carbocycles. The van der Waals surface area contributed by atoms with Gasteiger partial charge in [-0.3, -0.25) is 4.79 Å². The van der Waals surface area contributed by atoms with Gasteiger partial charge in [-0.25, -0.2) is 0 Å². The second-order valence-electron chi connectivity index (χ2n) is 8.42. The minimum absolute atomic E-state index is 0.0702. The number of rotatable bonds is 22. The summed E-state index contributed by atoms with van der Waals surface area (Å²) in [6.45, 7) is 2.28. The molecular weight excluding hydrogens is 348 g/mol. The van der Waals surface area contributed by atoms with Gasteiger partial charge in [0.25, 0.3) is 0 Å². The summed E-state index contributed by atoms with van der Waals surface area (Å²) < 4.78 is 10.3. The van der Waals surface area contributed by atoms with Gasteiger partial charge in [0.05, 0.1) is 13.2 Å². The van der Waals surface area contributed by atoms with Crippen LogP contribution in [-0.4, -0.2) is 26.3 Å². The van der Waals surface area contributed by atoms with Gasteiger partial charge in [-0.1, -0.05) is 110 Å². The van der Waals surface area contributed by atoms with Crippen LogP contribution >= 0.6 is 0 Å². The molecule has 0 aromatic rings. The van der Waals surface area contributed by atoms with Gasteiger partial charge in [-0.05, 0) is 19.3 Å². The van der Waals surface area contributed by atoms with Crippen molar-refractivity contribution >= 4 is 5.97 Å². The molecule has 3 nitrogen and oxygen atoms in total. The number of carbonyl (C=O) groups is 1. The van der Waals surface area contributed by atoms with E-state index >= 15 is 0 Å². The summed E-state index contributed by atoms with van der Waals surface area (Å²) in [5, 5.41) is 0. The summed E-state index contributed by atoms with van der Waals surface area (Å²) >= 11 is 0. The van der Waals surface area contributed by atoms with Crippen molar-refractivity contribution in [3.63, 3.8) is 0 Å². The van der Waals surface area contributed by atoms with Crippen molar-refractivity contribution in [3.05, 3.63) is 0 Å². The van der Waals surface area contributed by atoms with Gasteiger partial charge < -0.3 is 9.47 Å². The molecule has 0 saturated heterocycles. The Morgan fingerprint density at radius 1 is 0.607 bits per heavy atom. The van der Waals surface area contributed by atoms with Crippen molar-refractivity contribution < 1.29 is 14.3 Å². The molecule has 0 radical (unpaired) electrons. The van der Waals surface area contributed by atoms with Crippen LogP contribution in [0.3, 0.4) is 0 Å². The lowest BCUT2D eigenvalue weighted by atomic mass is 10.0. The van der Waals surface area contributed by atoms with Crippen molar-refractivity contribution in [1.82, 2.24) is 0 Å². The van der Waals surface area contributed by atoms with E-state index in [1.54, 1.807) is 0 Å².